The normalized spacial score (nSPS) is 15.0. The van der Waals surface area contributed by atoms with E-state index in [9.17, 15) is 14.4 Å². The van der Waals surface area contributed by atoms with Crippen molar-refractivity contribution in [1.82, 2.24) is 24.4 Å². The minimum atomic E-state index is -0.300. The van der Waals surface area contributed by atoms with E-state index < -0.39 is 0 Å². The average Bonchev–Trinajstić information content (AvgIpc) is 3.27. The molecule has 0 saturated heterocycles. The summed E-state index contributed by atoms with van der Waals surface area (Å²) >= 11 is 0. The molecule has 1 atom stereocenters. The quantitative estimate of drug-likeness (QED) is 0.685. The Balaban J connectivity index is 2.16. The minimum Gasteiger partial charge on any atom is -0.383 e. The summed E-state index contributed by atoms with van der Waals surface area (Å²) in [5.41, 5.74) is 1.27. The maximum Gasteiger partial charge on any atom is 0.280 e. The van der Waals surface area contributed by atoms with Crippen molar-refractivity contribution in [1.29, 1.82) is 0 Å². The highest BCUT2D eigenvalue weighted by Gasteiger charge is 2.37. The third-order valence-corrected chi connectivity index (χ3v) is 5.59. The second-order valence-corrected chi connectivity index (χ2v) is 8.80. The monoisotopic (exact) mass is 417 g/mol. The second-order valence-electron chi connectivity index (χ2n) is 8.80. The molecule has 3 rings (SSSR count). The standard InChI is InChI=1S/C21H31N5O4/c1-7-13(2)24-11-14-18(20(24)29)25(12-16(27)22-8-9-30-6)17-10-15(21(3,4)5)23-26(17)19(14)28/h10,13H,7-9,11-12H2,1-6H3,(H,22,27)/t13-/m1/s1. The first-order valence-corrected chi connectivity index (χ1v) is 10.3. The number of carbonyl (C=O) groups is 2. The van der Waals surface area contributed by atoms with Crippen molar-refractivity contribution < 1.29 is 14.3 Å². The predicted octanol–water partition coefficient (Wildman–Crippen LogP) is 1.31. The summed E-state index contributed by atoms with van der Waals surface area (Å²) in [7, 11) is 1.56. The lowest BCUT2D eigenvalue weighted by Gasteiger charge is -2.22. The van der Waals surface area contributed by atoms with Gasteiger partial charge in [-0.3, -0.25) is 14.4 Å². The van der Waals surface area contributed by atoms with E-state index in [0.717, 1.165) is 12.1 Å². The number of amides is 2. The molecule has 0 bridgehead atoms. The lowest BCUT2D eigenvalue weighted by atomic mass is 9.93. The molecular formula is C21H31N5O4. The van der Waals surface area contributed by atoms with Crippen LogP contribution in [0.1, 0.15) is 62.8 Å². The van der Waals surface area contributed by atoms with E-state index in [-0.39, 0.29) is 47.6 Å². The Morgan fingerprint density at radius 1 is 1.33 bits per heavy atom. The van der Waals surface area contributed by atoms with Crippen LogP contribution in [0.5, 0.6) is 0 Å². The number of hydrogen-bond donors (Lipinski definition) is 1. The van der Waals surface area contributed by atoms with Crippen LogP contribution in [0, 0.1) is 0 Å². The number of hydrogen-bond acceptors (Lipinski definition) is 5. The van der Waals surface area contributed by atoms with E-state index in [1.807, 2.05) is 34.6 Å². The van der Waals surface area contributed by atoms with Crippen molar-refractivity contribution in [2.75, 3.05) is 20.3 Å². The molecule has 30 heavy (non-hydrogen) atoms. The zero-order valence-corrected chi connectivity index (χ0v) is 18.6. The zero-order valence-electron chi connectivity index (χ0n) is 18.6. The van der Waals surface area contributed by atoms with E-state index in [1.165, 1.54) is 4.52 Å². The summed E-state index contributed by atoms with van der Waals surface area (Å²) in [5.74, 6) is -0.477. The van der Waals surface area contributed by atoms with Gasteiger partial charge in [-0.2, -0.15) is 9.61 Å². The first-order chi connectivity index (χ1) is 14.1. The van der Waals surface area contributed by atoms with Gasteiger partial charge in [-0.05, 0) is 13.3 Å². The summed E-state index contributed by atoms with van der Waals surface area (Å²) in [5, 5.41) is 7.30. The number of methoxy groups -OCH3 is 1. The summed E-state index contributed by atoms with van der Waals surface area (Å²) in [6, 6.07) is 1.79. The number of carbonyl (C=O) groups excluding carboxylic acids is 2. The molecule has 9 heteroatoms. The minimum absolute atomic E-state index is 0.00858. The molecule has 0 spiro atoms. The van der Waals surface area contributed by atoms with E-state index in [1.54, 1.807) is 22.6 Å². The summed E-state index contributed by atoms with van der Waals surface area (Å²) in [6.45, 7) is 10.9. The molecule has 3 heterocycles. The summed E-state index contributed by atoms with van der Waals surface area (Å²) < 4.78 is 7.93. The molecule has 2 amide bonds. The number of nitrogens with zero attached hydrogens (tertiary/aromatic N) is 4. The Labute approximate surface area is 176 Å². The van der Waals surface area contributed by atoms with Gasteiger partial charge in [-0.15, -0.1) is 0 Å². The van der Waals surface area contributed by atoms with Gasteiger partial charge in [0.25, 0.3) is 11.5 Å². The third-order valence-electron chi connectivity index (χ3n) is 5.59. The topological polar surface area (TPSA) is 97.9 Å². The molecule has 164 valence electrons. The summed E-state index contributed by atoms with van der Waals surface area (Å²) in [4.78, 5) is 40.7. The molecule has 1 aliphatic heterocycles. The van der Waals surface area contributed by atoms with Gasteiger partial charge in [-0.1, -0.05) is 27.7 Å². The first kappa shape index (κ1) is 22.0. The largest absolute Gasteiger partial charge is 0.383 e. The van der Waals surface area contributed by atoms with E-state index in [4.69, 9.17) is 4.74 Å². The maximum atomic E-state index is 13.2. The molecule has 0 fully saturated rings. The third kappa shape index (κ3) is 3.86. The molecule has 1 aliphatic rings. The van der Waals surface area contributed by atoms with E-state index >= 15 is 0 Å². The lowest BCUT2D eigenvalue weighted by Crippen LogP contribution is -2.35. The molecule has 2 aromatic heterocycles. The van der Waals surface area contributed by atoms with Crippen LogP contribution in [0.4, 0.5) is 0 Å². The van der Waals surface area contributed by atoms with Crippen molar-refractivity contribution in [2.45, 2.75) is 65.6 Å². The van der Waals surface area contributed by atoms with Gasteiger partial charge in [0.15, 0.2) is 0 Å². The maximum absolute atomic E-state index is 13.2. The number of rotatable bonds is 7. The average molecular weight is 418 g/mol. The van der Waals surface area contributed by atoms with Crippen molar-refractivity contribution in [3.8, 4) is 0 Å². The predicted molar refractivity (Wildman–Crippen MR) is 113 cm³/mol. The van der Waals surface area contributed by atoms with Crippen LogP contribution in [-0.4, -0.2) is 57.2 Å². The highest BCUT2D eigenvalue weighted by molar-refractivity contribution is 5.98. The fourth-order valence-corrected chi connectivity index (χ4v) is 3.58. The number of fused-ring (bicyclic) bond motifs is 2. The molecule has 0 unspecified atom stereocenters. The van der Waals surface area contributed by atoms with Crippen molar-refractivity contribution in [3.63, 3.8) is 0 Å². The molecule has 1 N–H and O–H groups in total. The van der Waals surface area contributed by atoms with Crippen LogP contribution >= 0.6 is 0 Å². The number of aromatic nitrogens is 3. The Kier molecular flexibility index (Phi) is 6.03. The molecule has 0 saturated carbocycles. The van der Waals surface area contributed by atoms with E-state index in [0.29, 0.717) is 24.4 Å². The Morgan fingerprint density at radius 3 is 2.63 bits per heavy atom. The van der Waals surface area contributed by atoms with Crippen LogP contribution in [0.2, 0.25) is 0 Å². The Hall–Kier alpha value is -2.68. The van der Waals surface area contributed by atoms with Gasteiger partial charge in [0.2, 0.25) is 5.91 Å². The zero-order chi connectivity index (χ0) is 22.2. The van der Waals surface area contributed by atoms with Gasteiger partial charge >= 0.3 is 0 Å². The SMILES string of the molecule is CC[C@@H](C)N1Cc2c(n(CC(=O)NCCOC)c3cc(C(C)(C)C)nn3c2=O)C1=O. The van der Waals surface area contributed by atoms with Gasteiger partial charge < -0.3 is 19.5 Å². The van der Waals surface area contributed by atoms with Crippen molar-refractivity contribution >= 4 is 17.5 Å². The Morgan fingerprint density at radius 2 is 2.03 bits per heavy atom. The fraction of sp³-hybridized carbons (Fsp3) is 0.619. The number of nitrogens with one attached hydrogen (secondary N) is 1. The second kappa shape index (κ2) is 8.22. The molecule has 9 nitrogen and oxygen atoms in total. The highest BCUT2D eigenvalue weighted by Crippen LogP contribution is 2.27. The van der Waals surface area contributed by atoms with Crippen LogP contribution in [-0.2, 0) is 28.0 Å². The van der Waals surface area contributed by atoms with Crippen molar-refractivity contribution in [3.05, 3.63) is 33.4 Å². The lowest BCUT2D eigenvalue weighted by molar-refractivity contribution is -0.121. The molecule has 2 aromatic rings. The number of ether oxygens (including phenoxy) is 1. The summed E-state index contributed by atoms with van der Waals surface area (Å²) in [6.07, 6.45) is 0.775. The van der Waals surface area contributed by atoms with Gasteiger partial charge in [-0.25, -0.2) is 0 Å². The van der Waals surface area contributed by atoms with Crippen LogP contribution < -0.4 is 10.9 Å². The van der Waals surface area contributed by atoms with Gasteiger partial charge in [0, 0.05) is 31.2 Å². The van der Waals surface area contributed by atoms with E-state index in [2.05, 4.69) is 10.4 Å². The smallest absolute Gasteiger partial charge is 0.280 e. The highest BCUT2D eigenvalue weighted by atomic mass is 16.5. The van der Waals surface area contributed by atoms with Crippen LogP contribution in [0.3, 0.4) is 0 Å². The fourth-order valence-electron chi connectivity index (χ4n) is 3.58. The Bertz CT molecular complexity index is 1030. The van der Waals surface area contributed by atoms with Gasteiger partial charge in [0.1, 0.15) is 17.9 Å². The molecular weight excluding hydrogens is 386 g/mol. The molecule has 0 radical (unpaired) electrons. The van der Waals surface area contributed by atoms with Crippen LogP contribution in [0.25, 0.3) is 5.65 Å². The van der Waals surface area contributed by atoms with Crippen molar-refractivity contribution in [2.24, 2.45) is 0 Å². The molecule has 0 aliphatic carbocycles. The molecule has 0 aromatic carbocycles. The first-order valence-electron chi connectivity index (χ1n) is 10.3. The van der Waals surface area contributed by atoms with Crippen LogP contribution in [0.15, 0.2) is 10.9 Å². The van der Waals surface area contributed by atoms with Gasteiger partial charge in [0.05, 0.1) is 24.4 Å².